The molecule has 1 unspecified atom stereocenters. The Balaban J connectivity index is 0.000000689. The van der Waals surface area contributed by atoms with Crippen molar-refractivity contribution in [3.8, 4) is 11.3 Å². The maximum atomic E-state index is 16.3. The Kier molecular flexibility index (Phi) is 6.57. The molecule has 3 atom stereocenters. The Hall–Kier alpha value is -3.28. The molecule has 4 heterocycles. The van der Waals surface area contributed by atoms with Gasteiger partial charge in [0.1, 0.15) is 17.0 Å². The number of amides is 1. The second kappa shape index (κ2) is 9.48. The molecule has 2 saturated carbocycles. The third-order valence-electron chi connectivity index (χ3n) is 7.57. The molecule has 0 aromatic carbocycles. The molecule has 1 saturated heterocycles. The van der Waals surface area contributed by atoms with Crippen LogP contribution in [0.1, 0.15) is 67.2 Å². The molecule has 38 heavy (non-hydrogen) atoms. The number of nitrogens with zero attached hydrogens (tertiary/aromatic N) is 4. The highest BCUT2D eigenvalue weighted by molar-refractivity contribution is 5.90. The molecule has 4 N–H and O–H groups in total. The lowest BCUT2D eigenvalue weighted by Gasteiger charge is -2.18. The van der Waals surface area contributed by atoms with Crippen molar-refractivity contribution >= 4 is 23.1 Å². The third kappa shape index (κ3) is 4.38. The van der Waals surface area contributed by atoms with Crippen LogP contribution in [-0.2, 0) is 11.0 Å². The monoisotopic (exact) mass is 533 g/mol. The number of hydrogen-bond acceptors (Lipinski definition) is 6. The first kappa shape index (κ1) is 26.3. The summed E-state index contributed by atoms with van der Waals surface area (Å²) in [4.78, 5) is 17.4. The fraction of sp³-hybridized carbons (Fsp3) is 0.538. The van der Waals surface area contributed by atoms with Crippen molar-refractivity contribution in [1.29, 1.82) is 0 Å². The SMILES string of the molecule is CNC=O.Cc1nc(N)cc(-c2nc(C(C)C)c3c(C4[C@H]5CNC[C@@H]45)nn(C4CC4)c3c2F)c1C(F)(F)F. The second-order valence-electron chi connectivity index (χ2n) is 10.6. The summed E-state index contributed by atoms with van der Waals surface area (Å²) >= 11 is 0. The molecule has 3 aromatic heterocycles. The normalized spacial score (nSPS) is 22.3. The van der Waals surface area contributed by atoms with E-state index in [4.69, 9.17) is 15.6 Å². The number of carbonyl (C=O) groups excluding carboxylic acids is 1. The van der Waals surface area contributed by atoms with Gasteiger partial charge < -0.3 is 16.4 Å². The van der Waals surface area contributed by atoms with E-state index in [1.165, 1.54) is 6.92 Å². The first-order valence-electron chi connectivity index (χ1n) is 12.8. The highest BCUT2D eigenvalue weighted by Gasteiger charge is 2.56. The quantitative estimate of drug-likeness (QED) is 0.333. The average molecular weight is 534 g/mol. The fourth-order valence-corrected chi connectivity index (χ4v) is 5.73. The topological polar surface area (TPSA) is 111 Å². The zero-order chi connectivity index (χ0) is 27.5. The Morgan fingerprint density at radius 3 is 2.37 bits per heavy atom. The van der Waals surface area contributed by atoms with Gasteiger partial charge in [-0.25, -0.2) is 14.4 Å². The first-order chi connectivity index (χ1) is 18.0. The number of nitrogens with one attached hydrogen (secondary N) is 2. The van der Waals surface area contributed by atoms with Crippen LogP contribution in [0.4, 0.5) is 23.4 Å². The van der Waals surface area contributed by atoms with E-state index in [0.29, 0.717) is 29.3 Å². The summed E-state index contributed by atoms with van der Waals surface area (Å²) in [6.07, 6.45) is -2.36. The number of piperidine rings is 1. The van der Waals surface area contributed by atoms with Gasteiger partial charge in [-0.05, 0) is 56.7 Å². The van der Waals surface area contributed by atoms with E-state index in [1.807, 2.05) is 13.8 Å². The minimum atomic E-state index is -4.73. The number of nitrogens with two attached hydrogens (primary N) is 1. The van der Waals surface area contributed by atoms with Gasteiger partial charge in [0.25, 0.3) is 0 Å². The van der Waals surface area contributed by atoms with Crippen molar-refractivity contribution in [3.63, 3.8) is 0 Å². The van der Waals surface area contributed by atoms with Gasteiger partial charge in [0.2, 0.25) is 6.41 Å². The highest BCUT2D eigenvalue weighted by atomic mass is 19.4. The molecular formula is C26H31F4N7O. The molecule has 2 aliphatic carbocycles. The van der Waals surface area contributed by atoms with Gasteiger partial charge in [0.15, 0.2) is 5.82 Å². The smallest absolute Gasteiger partial charge is 0.384 e. The fourth-order valence-electron chi connectivity index (χ4n) is 5.73. The molecule has 1 aliphatic heterocycles. The summed E-state index contributed by atoms with van der Waals surface area (Å²) in [5.74, 6) is 0.148. The summed E-state index contributed by atoms with van der Waals surface area (Å²) in [5.41, 5.74) is 5.47. The number of hydrogen-bond donors (Lipinski definition) is 3. The molecule has 3 aromatic rings. The van der Waals surface area contributed by atoms with E-state index in [-0.39, 0.29) is 46.2 Å². The van der Waals surface area contributed by atoms with Gasteiger partial charge in [-0.15, -0.1) is 0 Å². The minimum Gasteiger partial charge on any atom is -0.384 e. The number of rotatable bonds is 5. The van der Waals surface area contributed by atoms with Gasteiger partial charge >= 0.3 is 6.18 Å². The second-order valence-corrected chi connectivity index (χ2v) is 10.6. The molecule has 12 heteroatoms. The van der Waals surface area contributed by atoms with E-state index < -0.39 is 17.6 Å². The van der Waals surface area contributed by atoms with Crippen LogP contribution in [0.15, 0.2) is 6.07 Å². The lowest BCUT2D eigenvalue weighted by Crippen LogP contribution is -2.15. The zero-order valence-electron chi connectivity index (χ0n) is 21.7. The molecule has 6 rings (SSSR count). The molecule has 3 aliphatic rings. The lowest BCUT2D eigenvalue weighted by molar-refractivity contribution is -0.137. The molecule has 204 valence electrons. The van der Waals surface area contributed by atoms with Crippen molar-refractivity contribution in [3.05, 3.63) is 34.5 Å². The molecule has 0 bridgehead atoms. The number of carbonyl (C=O) groups is 1. The van der Waals surface area contributed by atoms with Crippen LogP contribution < -0.4 is 16.4 Å². The Morgan fingerprint density at radius 2 is 1.84 bits per heavy atom. The Morgan fingerprint density at radius 1 is 1.21 bits per heavy atom. The molecule has 0 spiro atoms. The number of aromatic nitrogens is 4. The van der Waals surface area contributed by atoms with Gasteiger partial charge in [-0.3, -0.25) is 9.48 Å². The third-order valence-corrected chi connectivity index (χ3v) is 7.57. The van der Waals surface area contributed by atoms with Crippen molar-refractivity contribution < 1.29 is 22.4 Å². The van der Waals surface area contributed by atoms with Crippen LogP contribution in [0.2, 0.25) is 0 Å². The Labute approximate surface area is 217 Å². The minimum absolute atomic E-state index is 0.0593. The summed E-state index contributed by atoms with van der Waals surface area (Å²) in [6.45, 7) is 6.89. The van der Waals surface area contributed by atoms with E-state index in [0.717, 1.165) is 37.7 Å². The van der Waals surface area contributed by atoms with E-state index in [2.05, 4.69) is 20.6 Å². The maximum absolute atomic E-state index is 16.3. The van der Waals surface area contributed by atoms with Crippen molar-refractivity contribution in [1.82, 2.24) is 30.4 Å². The predicted molar refractivity (Wildman–Crippen MR) is 135 cm³/mol. The van der Waals surface area contributed by atoms with Crippen molar-refractivity contribution in [2.24, 2.45) is 11.8 Å². The maximum Gasteiger partial charge on any atom is 0.418 e. The van der Waals surface area contributed by atoms with Gasteiger partial charge in [0.05, 0.1) is 28.7 Å². The zero-order valence-corrected chi connectivity index (χ0v) is 21.7. The highest BCUT2D eigenvalue weighted by Crippen LogP contribution is 2.58. The van der Waals surface area contributed by atoms with Gasteiger partial charge in [-0.1, -0.05) is 13.8 Å². The summed E-state index contributed by atoms with van der Waals surface area (Å²) in [6, 6.07) is 1.14. The summed E-state index contributed by atoms with van der Waals surface area (Å²) in [5, 5.41) is 11.2. The van der Waals surface area contributed by atoms with E-state index in [1.54, 1.807) is 11.7 Å². The standard InChI is InChI=1S/C24H26F4N6.C2H5NO/c1-9(2)20-17-22(16-13-7-30-8-14(13)16)33-34(11-4-5-11)23(17)19(25)21(32-20)12-6-15(29)31-10(3)18(12)24(26,27)28;1-3-2-4/h6,9,11,13-14,16,30H,4-5,7-8H2,1-3H3,(H2,29,31);2H,1H3,(H,3,4)/t13-,14+,16?;. The average Bonchev–Trinajstić information content (AvgIpc) is 3.72. The van der Waals surface area contributed by atoms with Crippen LogP contribution in [0.3, 0.4) is 0 Å². The largest absolute Gasteiger partial charge is 0.418 e. The number of nitrogen functional groups attached to an aromatic ring is 1. The number of pyridine rings is 2. The van der Waals surface area contributed by atoms with Crippen LogP contribution in [0, 0.1) is 24.6 Å². The van der Waals surface area contributed by atoms with Crippen LogP contribution in [0.25, 0.3) is 22.2 Å². The number of alkyl halides is 3. The Bertz CT molecular complexity index is 1390. The summed E-state index contributed by atoms with van der Waals surface area (Å²) in [7, 11) is 1.56. The predicted octanol–water partition coefficient (Wildman–Crippen LogP) is 4.30. The number of aryl methyl sites for hydroxylation is 1. The molecule has 0 radical (unpaired) electrons. The van der Waals surface area contributed by atoms with Gasteiger partial charge in [-0.2, -0.15) is 18.3 Å². The number of halogens is 4. The first-order valence-corrected chi connectivity index (χ1v) is 12.8. The lowest BCUT2D eigenvalue weighted by atomic mass is 9.96. The van der Waals surface area contributed by atoms with Crippen LogP contribution in [0.5, 0.6) is 0 Å². The molecule has 1 amide bonds. The summed E-state index contributed by atoms with van der Waals surface area (Å²) < 4.78 is 60.1. The molecule has 3 fully saturated rings. The van der Waals surface area contributed by atoms with Crippen molar-refractivity contribution in [2.75, 3.05) is 25.9 Å². The molecular weight excluding hydrogens is 502 g/mol. The van der Waals surface area contributed by atoms with Crippen LogP contribution in [-0.4, -0.2) is 46.3 Å². The van der Waals surface area contributed by atoms with Crippen LogP contribution >= 0.6 is 0 Å². The van der Waals surface area contributed by atoms with Crippen molar-refractivity contribution in [2.45, 2.75) is 57.7 Å². The van der Waals surface area contributed by atoms with E-state index in [9.17, 15) is 13.2 Å². The van der Waals surface area contributed by atoms with E-state index >= 15 is 4.39 Å². The van der Waals surface area contributed by atoms with Gasteiger partial charge in [0, 0.05) is 23.9 Å². The number of anilines is 1. The molecule has 8 nitrogen and oxygen atoms in total. The number of fused-ring (bicyclic) bond motifs is 2.